The van der Waals surface area contributed by atoms with E-state index in [9.17, 15) is 4.79 Å². The van der Waals surface area contributed by atoms with Crippen molar-refractivity contribution in [2.45, 2.75) is 0 Å². The van der Waals surface area contributed by atoms with Crippen molar-refractivity contribution in [2.24, 2.45) is 7.05 Å². The molecule has 1 aromatic heterocycles. The van der Waals surface area contributed by atoms with E-state index in [0.717, 1.165) is 0 Å². The molecule has 0 radical (unpaired) electrons. The second-order valence-corrected chi connectivity index (χ2v) is 1.40. The Bertz CT molecular complexity index is 202. The van der Waals surface area contributed by atoms with Gasteiger partial charge in [-0.2, -0.15) is 0 Å². The molecule has 0 bridgehead atoms. The highest BCUT2D eigenvalue weighted by molar-refractivity contribution is 5.85. The van der Waals surface area contributed by atoms with Crippen molar-refractivity contribution in [2.75, 3.05) is 0 Å². The number of nitrogens with zero attached hydrogens (tertiary/aromatic N) is 1. The van der Waals surface area contributed by atoms with E-state index in [1.54, 1.807) is 17.9 Å². The van der Waals surface area contributed by atoms with Crippen molar-refractivity contribution in [1.29, 1.82) is 0 Å². The van der Waals surface area contributed by atoms with Crippen LogP contribution in [0.1, 0.15) is 0 Å². The largest absolute Gasteiger partial charge is 0.295 e. The van der Waals surface area contributed by atoms with E-state index in [1.165, 1.54) is 6.07 Å². The normalized spacial score (nSPS) is 8.12. The third-order valence-corrected chi connectivity index (χ3v) is 0.736. The topological polar surface area (TPSA) is 37.8 Å². The molecule has 4 heteroatoms. The second kappa shape index (κ2) is 2.57. The van der Waals surface area contributed by atoms with Gasteiger partial charge in [0.1, 0.15) is 0 Å². The zero-order chi connectivity index (χ0) is 5.28. The minimum Gasteiger partial charge on any atom is -0.295 e. The molecule has 0 amide bonds. The number of aryl methyl sites for hydroxylation is 1. The molecule has 1 rings (SSSR count). The molecule has 0 fully saturated rings. The number of aromatic nitrogens is 2. The first kappa shape index (κ1) is 7.30. The lowest BCUT2D eigenvalue weighted by Crippen LogP contribution is -1.99. The molecule has 0 atom stereocenters. The van der Waals surface area contributed by atoms with Crippen molar-refractivity contribution < 1.29 is 0 Å². The Balaban J connectivity index is 0.000000490. The summed E-state index contributed by atoms with van der Waals surface area (Å²) < 4.78 is 1.60. The Morgan fingerprint density at radius 2 is 2.38 bits per heavy atom. The number of nitrogens with one attached hydrogen (secondary N) is 1. The summed E-state index contributed by atoms with van der Waals surface area (Å²) in [7, 11) is 1.77. The van der Waals surface area contributed by atoms with Gasteiger partial charge in [0.15, 0.2) is 0 Å². The maximum atomic E-state index is 10.2. The molecule has 0 aliphatic heterocycles. The van der Waals surface area contributed by atoms with Gasteiger partial charge < -0.3 is 0 Å². The highest BCUT2D eigenvalue weighted by Crippen LogP contribution is 1.65. The lowest BCUT2D eigenvalue weighted by molar-refractivity contribution is 0.756. The molecule has 0 spiro atoms. The zero-order valence-electron chi connectivity index (χ0n) is 4.42. The molecule has 0 saturated carbocycles. The average molecular weight is 135 g/mol. The fourth-order valence-corrected chi connectivity index (χ4v) is 0.428. The van der Waals surface area contributed by atoms with Gasteiger partial charge in [0, 0.05) is 19.3 Å². The first-order chi connectivity index (χ1) is 3.29. The van der Waals surface area contributed by atoms with Crippen LogP contribution in [-0.2, 0) is 7.05 Å². The number of H-pyrrole nitrogens is 1. The molecule has 3 nitrogen and oxygen atoms in total. The fraction of sp³-hybridized carbons (Fsp3) is 0.250. The van der Waals surface area contributed by atoms with Crippen LogP contribution in [0.25, 0.3) is 0 Å². The van der Waals surface area contributed by atoms with Crippen molar-refractivity contribution in [3.63, 3.8) is 0 Å². The Morgan fingerprint density at radius 1 is 1.75 bits per heavy atom. The molecular formula is C4H7ClN2O. The Labute approximate surface area is 52.7 Å². The van der Waals surface area contributed by atoms with Gasteiger partial charge in [0.25, 0.3) is 5.56 Å². The van der Waals surface area contributed by atoms with E-state index in [-0.39, 0.29) is 18.0 Å². The number of hydrogen-bond acceptors (Lipinski definition) is 1. The minimum atomic E-state index is -0.0532. The summed E-state index contributed by atoms with van der Waals surface area (Å²) in [5.41, 5.74) is -0.0532. The van der Waals surface area contributed by atoms with Gasteiger partial charge in [-0.15, -0.1) is 12.4 Å². The fourth-order valence-electron chi connectivity index (χ4n) is 0.428. The molecule has 0 aromatic carbocycles. The summed E-state index contributed by atoms with van der Waals surface area (Å²) in [6.07, 6.45) is 1.67. The molecule has 8 heavy (non-hydrogen) atoms. The van der Waals surface area contributed by atoms with E-state index < -0.39 is 0 Å². The lowest BCUT2D eigenvalue weighted by Gasteiger charge is -1.80. The van der Waals surface area contributed by atoms with Crippen LogP contribution < -0.4 is 5.56 Å². The van der Waals surface area contributed by atoms with Gasteiger partial charge in [0.05, 0.1) is 0 Å². The Morgan fingerprint density at radius 3 is 2.50 bits per heavy atom. The van der Waals surface area contributed by atoms with Gasteiger partial charge in [-0.1, -0.05) is 0 Å². The standard InChI is InChI=1S/C4H6N2O.ClH/c1-6-3-2-4(7)5-6;/h2-3H,1H3,(H,5,7);1H. The van der Waals surface area contributed by atoms with Crippen LogP contribution in [0.4, 0.5) is 0 Å². The Hall–Kier alpha value is -0.700. The molecular weight excluding hydrogens is 128 g/mol. The van der Waals surface area contributed by atoms with E-state index in [1.807, 2.05) is 0 Å². The third-order valence-electron chi connectivity index (χ3n) is 0.736. The minimum absolute atomic E-state index is 0. The van der Waals surface area contributed by atoms with E-state index in [2.05, 4.69) is 5.10 Å². The van der Waals surface area contributed by atoms with Gasteiger partial charge in [0.2, 0.25) is 0 Å². The van der Waals surface area contributed by atoms with Crippen LogP contribution in [0.15, 0.2) is 17.1 Å². The second-order valence-electron chi connectivity index (χ2n) is 1.40. The van der Waals surface area contributed by atoms with Crippen LogP contribution in [0, 0.1) is 0 Å². The summed E-state index contributed by atoms with van der Waals surface area (Å²) in [5, 5.41) is 2.50. The van der Waals surface area contributed by atoms with Crippen LogP contribution in [0.5, 0.6) is 0 Å². The first-order valence-electron chi connectivity index (χ1n) is 2.01. The smallest absolute Gasteiger partial charge is 0.264 e. The maximum absolute atomic E-state index is 10.2. The van der Waals surface area contributed by atoms with Gasteiger partial charge in [-0.05, 0) is 0 Å². The van der Waals surface area contributed by atoms with Crippen molar-refractivity contribution in [3.8, 4) is 0 Å². The zero-order valence-corrected chi connectivity index (χ0v) is 5.23. The monoisotopic (exact) mass is 134 g/mol. The van der Waals surface area contributed by atoms with Crippen molar-refractivity contribution >= 4 is 12.4 Å². The number of halogens is 1. The van der Waals surface area contributed by atoms with Crippen LogP contribution >= 0.6 is 12.4 Å². The first-order valence-corrected chi connectivity index (χ1v) is 2.01. The lowest BCUT2D eigenvalue weighted by atomic mass is 10.7. The van der Waals surface area contributed by atoms with Crippen LogP contribution in [-0.4, -0.2) is 9.78 Å². The summed E-state index contributed by atoms with van der Waals surface area (Å²) in [6.45, 7) is 0. The van der Waals surface area contributed by atoms with Crippen molar-refractivity contribution in [3.05, 3.63) is 22.6 Å². The molecule has 1 N–H and O–H groups in total. The van der Waals surface area contributed by atoms with Crippen LogP contribution in [0.3, 0.4) is 0 Å². The number of aromatic amines is 1. The molecule has 0 aliphatic carbocycles. The molecule has 1 aromatic rings. The quantitative estimate of drug-likeness (QED) is 0.539. The number of hydrogen-bond donors (Lipinski definition) is 1. The van der Waals surface area contributed by atoms with E-state index in [4.69, 9.17) is 0 Å². The van der Waals surface area contributed by atoms with Crippen molar-refractivity contribution in [1.82, 2.24) is 9.78 Å². The summed E-state index contributed by atoms with van der Waals surface area (Å²) in [4.78, 5) is 10.2. The number of rotatable bonds is 0. The maximum Gasteiger partial charge on any atom is 0.264 e. The Kier molecular flexibility index (Phi) is 2.34. The van der Waals surface area contributed by atoms with Gasteiger partial charge in [-0.25, -0.2) is 0 Å². The molecule has 0 saturated heterocycles. The van der Waals surface area contributed by atoms with Crippen LogP contribution in [0.2, 0.25) is 0 Å². The van der Waals surface area contributed by atoms with Gasteiger partial charge >= 0.3 is 0 Å². The van der Waals surface area contributed by atoms with Gasteiger partial charge in [-0.3, -0.25) is 14.6 Å². The SMILES string of the molecule is Cl.Cn1ccc(=O)[nH]1. The molecule has 1 heterocycles. The molecule has 0 aliphatic rings. The highest BCUT2D eigenvalue weighted by atomic mass is 35.5. The summed E-state index contributed by atoms with van der Waals surface area (Å²) in [5.74, 6) is 0. The van der Waals surface area contributed by atoms with E-state index in [0.29, 0.717) is 0 Å². The third kappa shape index (κ3) is 1.42. The highest BCUT2D eigenvalue weighted by Gasteiger charge is 1.78. The average Bonchev–Trinajstić information content (AvgIpc) is 1.87. The predicted molar refractivity (Wildman–Crippen MR) is 33.3 cm³/mol. The summed E-state index contributed by atoms with van der Waals surface area (Å²) in [6, 6.07) is 1.47. The molecule has 0 unspecified atom stereocenters. The summed E-state index contributed by atoms with van der Waals surface area (Å²) >= 11 is 0. The molecule has 46 valence electrons. The predicted octanol–water partition coefficient (Wildman–Crippen LogP) is 0.135. The van der Waals surface area contributed by atoms with E-state index >= 15 is 0 Å².